The number of aliphatic hydroxyl groups is 1. The van der Waals surface area contributed by atoms with Crippen molar-refractivity contribution in [3.05, 3.63) is 57.8 Å². The summed E-state index contributed by atoms with van der Waals surface area (Å²) in [4.78, 5) is 12.8. The highest BCUT2D eigenvalue weighted by Crippen LogP contribution is 2.09. The molecule has 2 N–H and O–H groups in total. The van der Waals surface area contributed by atoms with Gasteiger partial charge in [0.1, 0.15) is 0 Å². The van der Waals surface area contributed by atoms with Gasteiger partial charge >= 0.3 is 0 Å². The molecule has 1 heterocycles. The van der Waals surface area contributed by atoms with Gasteiger partial charge in [-0.05, 0) is 22.6 Å². The van der Waals surface area contributed by atoms with Gasteiger partial charge in [-0.15, -0.1) is 11.3 Å². The van der Waals surface area contributed by atoms with Gasteiger partial charge in [0.2, 0.25) is 5.91 Å². The van der Waals surface area contributed by atoms with Gasteiger partial charge in [-0.2, -0.15) is 0 Å². The Morgan fingerprint density at radius 2 is 2.06 bits per heavy atom. The fraction of sp³-hybridized carbons (Fsp3) is 0.214. The Labute approximate surface area is 110 Å². The van der Waals surface area contributed by atoms with E-state index in [4.69, 9.17) is 5.11 Å². The molecule has 0 saturated carbocycles. The summed E-state index contributed by atoms with van der Waals surface area (Å²) < 4.78 is 0. The zero-order valence-electron chi connectivity index (χ0n) is 9.93. The first-order chi connectivity index (χ1) is 8.78. The second-order valence-electron chi connectivity index (χ2n) is 4.01. The van der Waals surface area contributed by atoms with Crippen LogP contribution in [0.2, 0.25) is 0 Å². The molecule has 3 nitrogen and oxygen atoms in total. The van der Waals surface area contributed by atoms with Crippen molar-refractivity contribution < 1.29 is 9.90 Å². The van der Waals surface area contributed by atoms with Crippen molar-refractivity contribution in [3.8, 4) is 0 Å². The number of rotatable bonds is 5. The maximum atomic E-state index is 11.7. The standard InChI is InChI=1S/C14H15NO2S/c16-10-12-4-1-3-11(7-12)9-15-14(17)8-13-5-2-6-18-13/h1-7,16H,8-10H2,(H,15,17). The molecule has 2 aromatic rings. The highest BCUT2D eigenvalue weighted by atomic mass is 32.1. The summed E-state index contributed by atoms with van der Waals surface area (Å²) in [7, 11) is 0. The first-order valence-electron chi connectivity index (χ1n) is 5.75. The molecule has 94 valence electrons. The second-order valence-corrected chi connectivity index (χ2v) is 5.04. The van der Waals surface area contributed by atoms with Crippen LogP contribution in [0.4, 0.5) is 0 Å². The SMILES string of the molecule is O=C(Cc1cccs1)NCc1cccc(CO)c1. The van der Waals surface area contributed by atoms with Crippen LogP contribution in [0.5, 0.6) is 0 Å². The normalized spacial score (nSPS) is 10.3. The van der Waals surface area contributed by atoms with Crippen molar-refractivity contribution in [2.24, 2.45) is 0 Å². The van der Waals surface area contributed by atoms with Gasteiger partial charge in [0.05, 0.1) is 13.0 Å². The fourth-order valence-electron chi connectivity index (χ4n) is 1.67. The van der Waals surface area contributed by atoms with E-state index >= 15 is 0 Å². The monoisotopic (exact) mass is 261 g/mol. The third-order valence-electron chi connectivity index (χ3n) is 2.58. The number of thiophene rings is 1. The molecule has 18 heavy (non-hydrogen) atoms. The van der Waals surface area contributed by atoms with Crippen molar-refractivity contribution in [2.75, 3.05) is 0 Å². The average Bonchev–Trinajstić information content (AvgIpc) is 2.89. The van der Waals surface area contributed by atoms with E-state index in [1.807, 2.05) is 41.8 Å². The molecular weight excluding hydrogens is 246 g/mol. The minimum atomic E-state index is 0.0202. The summed E-state index contributed by atoms with van der Waals surface area (Å²) in [6, 6.07) is 11.5. The number of hydrogen-bond acceptors (Lipinski definition) is 3. The van der Waals surface area contributed by atoms with Crippen LogP contribution in [-0.4, -0.2) is 11.0 Å². The van der Waals surface area contributed by atoms with E-state index < -0.39 is 0 Å². The van der Waals surface area contributed by atoms with E-state index in [0.29, 0.717) is 13.0 Å². The topological polar surface area (TPSA) is 49.3 Å². The third kappa shape index (κ3) is 3.68. The van der Waals surface area contributed by atoms with Crippen LogP contribution in [0.25, 0.3) is 0 Å². The van der Waals surface area contributed by atoms with E-state index in [0.717, 1.165) is 16.0 Å². The van der Waals surface area contributed by atoms with E-state index in [1.54, 1.807) is 11.3 Å². The molecule has 1 aromatic carbocycles. The number of carbonyl (C=O) groups excluding carboxylic acids is 1. The predicted octanol–water partition coefficient (Wildman–Crippen LogP) is 2.10. The highest BCUT2D eigenvalue weighted by Gasteiger charge is 2.04. The number of aliphatic hydroxyl groups excluding tert-OH is 1. The van der Waals surface area contributed by atoms with Crippen molar-refractivity contribution in [3.63, 3.8) is 0 Å². The Balaban J connectivity index is 1.85. The van der Waals surface area contributed by atoms with Crippen molar-refractivity contribution >= 4 is 17.2 Å². The summed E-state index contributed by atoms with van der Waals surface area (Å²) in [6.07, 6.45) is 0.428. The van der Waals surface area contributed by atoms with Crippen LogP contribution in [0, 0.1) is 0 Å². The predicted molar refractivity (Wildman–Crippen MR) is 72.2 cm³/mol. The first-order valence-corrected chi connectivity index (χ1v) is 6.63. The molecule has 1 amide bonds. The van der Waals surface area contributed by atoms with Crippen molar-refractivity contribution in [2.45, 2.75) is 19.6 Å². The van der Waals surface area contributed by atoms with Gasteiger partial charge in [0.15, 0.2) is 0 Å². The number of benzene rings is 1. The Hall–Kier alpha value is -1.65. The molecule has 4 heteroatoms. The zero-order chi connectivity index (χ0) is 12.8. The first kappa shape index (κ1) is 12.8. The van der Waals surface area contributed by atoms with Crippen molar-refractivity contribution in [1.82, 2.24) is 5.32 Å². The minimum Gasteiger partial charge on any atom is -0.392 e. The van der Waals surface area contributed by atoms with E-state index in [-0.39, 0.29) is 12.5 Å². The van der Waals surface area contributed by atoms with Gasteiger partial charge in [0.25, 0.3) is 0 Å². The van der Waals surface area contributed by atoms with Crippen LogP contribution in [0.15, 0.2) is 41.8 Å². The van der Waals surface area contributed by atoms with E-state index in [9.17, 15) is 4.79 Å². The van der Waals surface area contributed by atoms with E-state index in [2.05, 4.69) is 5.32 Å². The van der Waals surface area contributed by atoms with E-state index in [1.165, 1.54) is 0 Å². The summed E-state index contributed by atoms with van der Waals surface area (Å²) >= 11 is 1.59. The van der Waals surface area contributed by atoms with Gasteiger partial charge in [0, 0.05) is 11.4 Å². The van der Waals surface area contributed by atoms with Crippen molar-refractivity contribution in [1.29, 1.82) is 0 Å². The molecule has 2 rings (SSSR count). The number of hydrogen-bond donors (Lipinski definition) is 2. The largest absolute Gasteiger partial charge is 0.392 e. The van der Waals surface area contributed by atoms with Gasteiger partial charge < -0.3 is 10.4 Å². The quantitative estimate of drug-likeness (QED) is 0.866. The Morgan fingerprint density at radius 1 is 1.22 bits per heavy atom. The lowest BCUT2D eigenvalue weighted by molar-refractivity contribution is -0.120. The van der Waals surface area contributed by atoms with Crippen LogP contribution < -0.4 is 5.32 Å². The molecule has 0 saturated heterocycles. The molecule has 0 atom stereocenters. The summed E-state index contributed by atoms with van der Waals surface area (Å²) in [6.45, 7) is 0.523. The molecule has 0 unspecified atom stereocenters. The van der Waals surface area contributed by atoms with Crippen LogP contribution in [0.3, 0.4) is 0 Å². The Morgan fingerprint density at radius 3 is 2.78 bits per heavy atom. The molecule has 0 spiro atoms. The fourth-order valence-corrected chi connectivity index (χ4v) is 2.38. The smallest absolute Gasteiger partial charge is 0.225 e. The molecule has 0 fully saturated rings. The zero-order valence-corrected chi connectivity index (χ0v) is 10.7. The summed E-state index contributed by atoms with van der Waals surface area (Å²) in [5.41, 5.74) is 1.86. The molecule has 0 bridgehead atoms. The molecule has 0 aliphatic heterocycles. The lowest BCUT2D eigenvalue weighted by Gasteiger charge is -2.05. The van der Waals surface area contributed by atoms with Crippen LogP contribution in [-0.2, 0) is 24.4 Å². The lowest BCUT2D eigenvalue weighted by Crippen LogP contribution is -2.24. The second kappa shape index (κ2) is 6.33. The highest BCUT2D eigenvalue weighted by molar-refractivity contribution is 7.10. The maximum absolute atomic E-state index is 11.7. The molecular formula is C14H15NO2S. The summed E-state index contributed by atoms with van der Waals surface area (Å²) in [5.74, 6) is 0.0202. The van der Waals surface area contributed by atoms with Gasteiger partial charge in [-0.3, -0.25) is 4.79 Å². The molecule has 1 aromatic heterocycles. The van der Waals surface area contributed by atoms with Crippen LogP contribution in [0.1, 0.15) is 16.0 Å². The molecule has 0 aliphatic rings. The average molecular weight is 261 g/mol. The van der Waals surface area contributed by atoms with Gasteiger partial charge in [-0.1, -0.05) is 30.3 Å². The van der Waals surface area contributed by atoms with Gasteiger partial charge in [-0.25, -0.2) is 0 Å². The number of nitrogens with one attached hydrogen (secondary N) is 1. The lowest BCUT2D eigenvalue weighted by atomic mass is 10.1. The maximum Gasteiger partial charge on any atom is 0.225 e. The number of carbonyl (C=O) groups is 1. The van der Waals surface area contributed by atoms with Crippen LogP contribution >= 0.6 is 11.3 Å². The number of amides is 1. The minimum absolute atomic E-state index is 0.0202. The summed E-state index contributed by atoms with van der Waals surface area (Å²) in [5, 5.41) is 13.9. The Kier molecular flexibility index (Phi) is 4.50. The molecule has 0 aliphatic carbocycles. The molecule has 0 radical (unpaired) electrons. The third-order valence-corrected chi connectivity index (χ3v) is 3.45. The Bertz CT molecular complexity index is 508.